The summed E-state index contributed by atoms with van der Waals surface area (Å²) in [6.07, 6.45) is 2.02. The Morgan fingerprint density at radius 3 is 2.81 bits per heavy atom. The van der Waals surface area contributed by atoms with Crippen LogP contribution in [0.2, 0.25) is 5.02 Å². The lowest BCUT2D eigenvalue weighted by Gasteiger charge is -2.04. The molecular formula is C9H12ClN3O3. The van der Waals surface area contributed by atoms with Crippen LogP contribution in [0, 0.1) is 16.0 Å². The van der Waals surface area contributed by atoms with Gasteiger partial charge in [-0.05, 0) is 11.3 Å². The number of Topliss-reactive ketones (excluding diaryl/α,β-unsaturated/α-hetero) is 1. The predicted octanol–water partition coefficient (Wildman–Crippen LogP) is 2.06. The van der Waals surface area contributed by atoms with Crippen LogP contribution in [0.1, 0.15) is 20.3 Å². The maximum absolute atomic E-state index is 11.6. The molecule has 0 aliphatic rings. The molecule has 0 fully saturated rings. The molecule has 0 N–H and O–H groups in total. The van der Waals surface area contributed by atoms with Gasteiger partial charge in [0, 0.05) is 5.92 Å². The molecule has 16 heavy (non-hydrogen) atoms. The second kappa shape index (κ2) is 5.07. The Kier molecular flexibility index (Phi) is 4.00. The van der Waals surface area contributed by atoms with Gasteiger partial charge in [0.15, 0.2) is 10.8 Å². The summed E-state index contributed by atoms with van der Waals surface area (Å²) in [6.45, 7) is 3.73. The lowest BCUT2D eigenvalue weighted by molar-refractivity contribution is -0.389. The van der Waals surface area contributed by atoms with Crippen molar-refractivity contribution in [1.29, 1.82) is 0 Å². The summed E-state index contributed by atoms with van der Waals surface area (Å²) >= 11 is 5.60. The fourth-order valence-electron chi connectivity index (χ4n) is 1.13. The van der Waals surface area contributed by atoms with E-state index in [2.05, 4.69) is 5.10 Å². The van der Waals surface area contributed by atoms with Crippen molar-refractivity contribution in [2.75, 3.05) is 0 Å². The van der Waals surface area contributed by atoms with Crippen molar-refractivity contribution in [1.82, 2.24) is 9.78 Å². The first-order chi connectivity index (χ1) is 7.45. The maximum atomic E-state index is 11.6. The highest BCUT2D eigenvalue weighted by Gasteiger charge is 2.21. The molecule has 0 aliphatic heterocycles. The molecular weight excluding hydrogens is 234 g/mol. The Bertz CT molecular complexity index is 416. The van der Waals surface area contributed by atoms with Gasteiger partial charge in [-0.15, -0.1) is 0 Å². The van der Waals surface area contributed by atoms with Gasteiger partial charge in [-0.3, -0.25) is 4.79 Å². The van der Waals surface area contributed by atoms with Crippen LogP contribution in [0.4, 0.5) is 5.82 Å². The highest BCUT2D eigenvalue weighted by Crippen LogP contribution is 2.21. The van der Waals surface area contributed by atoms with E-state index >= 15 is 0 Å². The van der Waals surface area contributed by atoms with E-state index < -0.39 is 10.7 Å². The fraction of sp³-hybridized carbons (Fsp3) is 0.556. The van der Waals surface area contributed by atoms with Gasteiger partial charge < -0.3 is 10.1 Å². The van der Waals surface area contributed by atoms with Crippen LogP contribution in [0.25, 0.3) is 0 Å². The molecule has 0 radical (unpaired) electrons. The molecule has 1 aromatic rings. The quantitative estimate of drug-likeness (QED) is 0.588. The first-order valence-electron chi connectivity index (χ1n) is 4.85. The van der Waals surface area contributed by atoms with Gasteiger partial charge in [0.1, 0.15) is 6.54 Å². The van der Waals surface area contributed by atoms with E-state index in [0.29, 0.717) is 0 Å². The van der Waals surface area contributed by atoms with Gasteiger partial charge in [-0.1, -0.05) is 25.4 Å². The van der Waals surface area contributed by atoms with Crippen LogP contribution in [-0.2, 0) is 11.3 Å². The minimum Gasteiger partial charge on any atom is -0.358 e. The minimum atomic E-state index is -0.674. The highest BCUT2D eigenvalue weighted by atomic mass is 35.5. The number of nitro groups is 1. The average molecular weight is 246 g/mol. The number of hydrogen-bond acceptors (Lipinski definition) is 4. The Morgan fingerprint density at radius 1 is 1.75 bits per heavy atom. The van der Waals surface area contributed by atoms with Gasteiger partial charge in [0.05, 0.1) is 11.3 Å². The van der Waals surface area contributed by atoms with Crippen LogP contribution in [0.3, 0.4) is 0 Å². The van der Waals surface area contributed by atoms with Crippen molar-refractivity contribution in [2.45, 2.75) is 26.8 Å². The van der Waals surface area contributed by atoms with E-state index in [9.17, 15) is 14.9 Å². The molecule has 1 aromatic heterocycles. The molecule has 1 rings (SSSR count). The lowest BCUT2D eigenvalue weighted by atomic mass is 10.0. The smallest absolute Gasteiger partial charge is 0.358 e. The molecule has 1 atom stereocenters. The number of ketones is 1. The molecule has 1 unspecified atom stereocenters. The van der Waals surface area contributed by atoms with Gasteiger partial charge in [-0.2, -0.15) is 4.68 Å². The molecule has 0 saturated carbocycles. The molecule has 0 saturated heterocycles. The zero-order valence-electron chi connectivity index (χ0n) is 9.01. The first kappa shape index (κ1) is 12.6. The summed E-state index contributed by atoms with van der Waals surface area (Å²) in [5.74, 6) is -0.516. The number of rotatable bonds is 5. The van der Waals surface area contributed by atoms with Crippen molar-refractivity contribution >= 4 is 23.2 Å². The van der Waals surface area contributed by atoms with Crippen molar-refractivity contribution in [2.24, 2.45) is 5.92 Å². The van der Waals surface area contributed by atoms with Crippen molar-refractivity contribution < 1.29 is 9.72 Å². The van der Waals surface area contributed by atoms with Gasteiger partial charge >= 0.3 is 5.82 Å². The fourth-order valence-corrected chi connectivity index (χ4v) is 1.35. The van der Waals surface area contributed by atoms with Gasteiger partial charge in [-0.25, -0.2) is 0 Å². The average Bonchev–Trinajstić information content (AvgIpc) is 2.58. The topological polar surface area (TPSA) is 78.0 Å². The lowest BCUT2D eigenvalue weighted by Crippen LogP contribution is -2.17. The van der Waals surface area contributed by atoms with Crippen LogP contribution in [0.15, 0.2) is 6.20 Å². The summed E-state index contributed by atoms with van der Waals surface area (Å²) in [6, 6.07) is 0. The van der Waals surface area contributed by atoms with Crippen LogP contribution in [0.5, 0.6) is 0 Å². The maximum Gasteiger partial charge on any atom is 0.408 e. The number of carbonyl (C=O) groups excluding carboxylic acids is 1. The summed E-state index contributed by atoms with van der Waals surface area (Å²) in [7, 11) is 0. The summed E-state index contributed by atoms with van der Waals surface area (Å²) in [5.41, 5.74) is 0. The number of carbonyl (C=O) groups is 1. The van der Waals surface area contributed by atoms with Crippen molar-refractivity contribution in [3.8, 4) is 0 Å². The number of hydrogen-bond donors (Lipinski definition) is 0. The zero-order chi connectivity index (χ0) is 12.3. The second-order valence-electron chi connectivity index (χ2n) is 3.53. The number of halogens is 1. The van der Waals surface area contributed by atoms with E-state index in [1.807, 2.05) is 13.8 Å². The molecule has 0 bridgehead atoms. The van der Waals surface area contributed by atoms with Crippen LogP contribution in [-0.4, -0.2) is 20.5 Å². The standard InChI is InChI=1S/C9H12ClN3O3/c1-3-6(2)8(14)5-12-4-7(10)9(11-12)13(15)16/h4,6H,3,5H2,1-2H3. The highest BCUT2D eigenvalue weighted by molar-refractivity contribution is 6.32. The largest absolute Gasteiger partial charge is 0.408 e. The minimum absolute atomic E-state index is 0.0164. The van der Waals surface area contributed by atoms with E-state index in [0.717, 1.165) is 6.42 Å². The Hall–Kier alpha value is -1.43. The predicted molar refractivity (Wildman–Crippen MR) is 58.4 cm³/mol. The van der Waals surface area contributed by atoms with E-state index in [4.69, 9.17) is 11.6 Å². The normalized spacial score (nSPS) is 12.4. The summed E-state index contributed by atoms with van der Waals surface area (Å²) < 4.78 is 1.20. The Morgan fingerprint density at radius 2 is 2.38 bits per heavy atom. The van der Waals surface area contributed by atoms with E-state index in [1.165, 1.54) is 10.9 Å². The molecule has 0 aliphatic carbocycles. The molecule has 0 amide bonds. The Labute approximate surface area is 97.3 Å². The monoisotopic (exact) mass is 245 g/mol. The molecule has 0 aromatic carbocycles. The third-order valence-corrected chi connectivity index (χ3v) is 2.62. The SMILES string of the molecule is CCC(C)C(=O)Cn1cc(Cl)c([N+](=O)[O-])n1. The number of aromatic nitrogens is 2. The zero-order valence-corrected chi connectivity index (χ0v) is 9.77. The molecule has 0 spiro atoms. The summed E-state index contributed by atoms with van der Waals surface area (Å²) in [5, 5.41) is 14.0. The molecule has 88 valence electrons. The Balaban J connectivity index is 2.79. The van der Waals surface area contributed by atoms with Crippen LogP contribution < -0.4 is 0 Å². The molecule has 7 heteroatoms. The third-order valence-electron chi connectivity index (χ3n) is 2.35. The molecule has 6 nitrogen and oxygen atoms in total. The summed E-state index contributed by atoms with van der Waals surface area (Å²) in [4.78, 5) is 21.4. The van der Waals surface area contributed by atoms with Crippen molar-refractivity contribution in [3.05, 3.63) is 21.3 Å². The second-order valence-corrected chi connectivity index (χ2v) is 3.94. The van der Waals surface area contributed by atoms with E-state index in [-0.39, 0.29) is 23.3 Å². The van der Waals surface area contributed by atoms with Crippen molar-refractivity contribution in [3.63, 3.8) is 0 Å². The van der Waals surface area contributed by atoms with E-state index in [1.54, 1.807) is 0 Å². The van der Waals surface area contributed by atoms with Gasteiger partial charge in [0.25, 0.3) is 0 Å². The number of nitrogens with zero attached hydrogens (tertiary/aromatic N) is 3. The molecule has 1 heterocycles. The third kappa shape index (κ3) is 2.79. The van der Waals surface area contributed by atoms with Crippen LogP contribution >= 0.6 is 11.6 Å². The first-order valence-corrected chi connectivity index (χ1v) is 5.23. The van der Waals surface area contributed by atoms with Gasteiger partial charge in [0.2, 0.25) is 0 Å².